The van der Waals surface area contributed by atoms with Crippen LogP contribution >= 0.6 is 0 Å². The number of benzene rings is 1. The fourth-order valence-electron chi connectivity index (χ4n) is 2.32. The normalized spacial score (nSPS) is 15.5. The largest absolute Gasteiger partial charge is 0.370 e. The number of nitrogens with one attached hydrogen (secondary N) is 1. The average Bonchev–Trinajstić information content (AvgIpc) is 2.38. The zero-order chi connectivity index (χ0) is 13.8. The van der Waals surface area contributed by atoms with Crippen molar-refractivity contribution in [2.75, 3.05) is 6.54 Å². The molecular weight excluding hydrogens is 242 g/mol. The van der Waals surface area contributed by atoms with Crippen molar-refractivity contribution >= 4 is 11.8 Å². The van der Waals surface area contributed by atoms with Crippen molar-refractivity contribution < 1.29 is 9.59 Å². The van der Waals surface area contributed by atoms with Crippen LogP contribution in [0.3, 0.4) is 0 Å². The van der Waals surface area contributed by atoms with Crippen LogP contribution in [0.2, 0.25) is 0 Å². The van der Waals surface area contributed by atoms with Crippen LogP contribution in [-0.4, -0.2) is 18.4 Å². The van der Waals surface area contributed by atoms with E-state index in [0.717, 1.165) is 17.5 Å². The van der Waals surface area contributed by atoms with E-state index in [-0.39, 0.29) is 17.9 Å². The second kappa shape index (κ2) is 5.84. The number of nitrogens with two attached hydrogens (primary N) is 2. The Morgan fingerprint density at radius 2 is 2.21 bits per heavy atom. The highest BCUT2D eigenvalue weighted by Gasteiger charge is 2.18. The predicted molar refractivity (Wildman–Crippen MR) is 72.5 cm³/mol. The summed E-state index contributed by atoms with van der Waals surface area (Å²) in [7, 11) is 0. The van der Waals surface area contributed by atoms with Crippen LogP contribution in [0.25, 0.3) is 0 Å². The van der Waals surface area contributed by atoms with Crippen LogP contribution in [0, 0.1) is 0 Å². The van der Waals surface area contributed by atoms with Crippen molar-refractivity contribution in [3.8, 4) is 0 Å². The van der Waals surface area contributed by atoms with E-state index in [0.29, 0.717) is 31.4 Å². The Labute approximate surface area is 112 Å². The second-order valence-electron chi connectivity index (χ2n) is 4.89. The van der Waals surface area contributed by atoms with E-state index < -0.39 is 0 Å². The van der Waals surface area contributed by atoms with Crippen LogP contribution in [0.15, 0.2) is 18.2 Å². The summed E-state index contributed by atoms with van der Waals surface area (Å²) in [4.78, 5) is 22.4. The third-order valence-electron chi connectivity index (χ3n) is 3.42. The molecule has 102 valence electrons. The van der Waals surface area contributed by atoms with Gasteiger partial charge in [0.05, 0.1) is 0 Å². The van der Waals surface area contributed by atoms with Crippen molar-refractivity contribution in [2.45, 2.75) is 31.7 Å². The lowest BCUT2D eigenvalue weighted by Gasteiger charge is -2.19. The minimum atomic E-state index is -0.308. The first-order chi connectivity index (χ1) is 9.08. The lowest BCUT2D eigenvalue weighted by Crippen LogP contribution is -2.32. The van der Waals surface area contributed by atoms with Crippen LogP contribution < -0.4 is 16.8 Å². The minimum absolute atomic E-state index is 0.0348. The molecule has 1 aromatic carbocycles. The van der Waals surface area contributed by atoms with Gasteiger partial charge in [-0.1, -0.05) is 12.1 Å². The van der Waals surface area contributed by atoms with Gasteiger partial charge >= 0.3 is 0 Å². The zero-order valence-electron chi connectivity index (χ0n) is 10.8. The highest BCUT2D eigenvalue weighted by molar-refractivity contribution is 5.96. The minimum Gasteiger partial charge on any atom is -0.370 e. The van der Waals surface area contributed by atoms with Crippen LogP contribution in [0.5, 0.6) is 0 Å². The van der Waals surface area contributed by atoms with Gasteiger partial charge in [-0.05, 0) is 36.5 Å². The first-order valence-corrected chi connectivity index (χ1v) is 6.53. The van der Waals surface area contributed by atoms with E-state index in [9.17, 15) is 9.59 Å². The third-order valence-corrected chi connectivity index (χ3v) is 3.42. The first-order valence-electron chi connectivity index (χ1n) is 6.53. The molecule has 0 spiro atoms. The Bertz CT molecular complexity index is 499. The van der Waals surface area contributed by atoms with E-state index in [1.165, 1.54) is 0 Å². The molecule has 1 heterocycles. The number of rotatable bonds is 5. The van der Waals surface area contributed by atoms with E-state index >= 15 is 0 Å². The Morgan fingerprint density at radius 3 is 2.95 bits per heavy atom. The molecule has 0 saturated heterocycles. The monoisotopic (exact) mass is 261 g/mol. The molecule has 1 atom stereocenters. The van der Waals surface area contributed by atoms with Gasteiger partial charge < -0.3 is 16.8 Å². The number of hydrogen-bond donors (Lipinski definition) is 3. The van der Waals surface area contributed by atoms with Gasteiger partial charge in [0.25, 0.3) is 5.91 Å². The number of carbonyl (C=O) groups is 2. The highest BCUT2D eigenvalue weighted by atomic mass is 16.2. The molecule has 1 aromatic rings. The molecule has 1 aliphatic heterocycles. The molecule has 5 nitrogen and oxygen atoms in total. The Kier molecular flexibility index (Phi) is 4.16. The van der Waals surface area contributed by atoms with E-state index in [1.807, 2.05) is 18.2 Å². The van der Waals surface area contributed by atoms with Crippen molar-refractivity contribution in [1.29, 1.82) is 0 Å². The summed E-state index contributed by atoms with van der Waals surface area (Å²) < 4.78 is 0. The lowest BCUT2D eigenvalue weighted by atomic mass is 9.94. The maximum atomic E-state index is 11.8. The Morgan fingerprint density at radius 1 is 1.42 bits per heavy atom. The van der Waals surface area contributed by atoms with E-state index in [4.69, 9.17) is 11.5 Å². The molecule has 0 aliphatic carbocycles. The molecule has 0 saturated carbocycles. The van der Waals surface area contributed by atoms with Gasteiger partial charge in [-0.25, -0.2) is 0 Å². The molecule has 2 amide bonds. The maximum Gasteiger partial charge on any atom is 0.251 e. The molecule has 1 unspecified atom stereocenters. The molecule has 19 heavy (non-hydrogen) atoms. The molecule has 0 bridgehead atoms. The molecule has 5 heteroatoms. The van der Waals surface area contributed by atoms with Crippen molar-refractivity contribution in [3.05, 3.63) is 34.9 Å². The fraction of sp³-hybridized carbons (Fsp3) is 0.429. The molecular formula is C14H19N3O2. The summed E-state index contributed by atoms with van der Waals surface area (Å²) in [5.41, 5.74) is 13.9. The topological polar surface area (TPSA) is 98.2 Å². The van der Waals surface area contributed by atoms with Crippen molar-refractivity contribution in [2.24, 2.45) is 11.5 Å². The summed E-state index contributed by atoms with van der Waals surface area (Å²) in [6, 6.07) is 5.63. The Balaban J connectivity index is 2.06. The standard InChI is InChI=1S/C14H19N3O2/c15-12(2-1-3-13(16)18)10-5-4-9-6-7-17-14(19)11(9)8-10/h4-5,8,12H,1-3,6-7,15H2,(H2,16,18)(H,17,19). The first kappa shape index (κ1) is 13.5. The molecule has 0 radical (unpaired) electrons. The molecule has 1 aliphatic rings. The van der Waals surface area contributed by atoms with E-state index in [1.54, 1.807) is 0 Å². The third kappa shape index (κ3) is 3.32. The summed E-state index contributed by atoms with van der Waals surface area (Å²) >= 11 is 0. The molecule has 5 N–H and O–H groups in total. The number of fused-ring (bicyclic) bond motifs is 1. The molecule has 0 fully saturated rings. The van der Waals surface area contributed by atoms with Crippen LogP contribution in [-0.2, 0) is 11.2 Å². The van der Waals surface area contributed by atoms with Gasteiger partial charge in [-0.2, -0.15) is 0 Å². The Hall–Kier alpha value is -1.88. The SMILES string of the molecule is NC(=O)CCCC(N)c1ccc2c(c1)C(=O)NCC2. The maximum absolute atomic E-state index is 11.8. The molecule has 2 rings (SSSR count). The average molecular weight is 261 g/mol. The van der Waals surface area contributed by atoms with Gasteiger partial charge in [0, 0.05) is 24.6 Å². The fourth-order valence-corrected chi connectivity index (χ4v) is 2.32. The summed E-state index contributed by atoms with van der Waals surface area (Å²) in [5, 5.41) is 2.82. The number of hydrogen-bond acceptors (Lipinski definition) is 3. The van der Waals surface area contributed by atoms with E-state index in [2.05, 4.69) is 5.32 Å². The van der Waals surface area contributed by atoms with Crippen molar-refractivity contribution in [1.82, 2.24) is 5.32 Å². The molecule has 0 aromatic heterocycles. The van der Waals surface area contributed by atoms with Crippen LogP contribution in [0.1, 0.15) is 46.8 Å². The zero-order valence-corrected chi connectivity index (χ0v) is 10.8. The van der Waals surface area contributed by atoms with Gasteiger partial charge in [0.15, 0.2) is 0 Å². The van der Waals surface area contributed by atoms with Gasteiger partial charge in [-0.15, -0.1) is 0 Å². The quantitative estimate of drug-likeness (QED) is 0.725. The lowest BCUT2D eigenvalue weighted by molar-refractivity contribution is -0.118. The van der Waals surface area contributed by atoms with Crippen molar-refractivity contribution in [3.63, 3.8) is 0 Å². The van der Waals surface area contributed by atoms with Gasteiger partial charge in [-0.3, -0.25) is 9.59 Å². The number of amides is 2. The second-order valence-corrected chi connectivity index (χ2v) is 4.89. The predicted octanol–water partition coefficient (Wildman–Crippen LogP) is 0.628. The number of primary amides is 1. The van der Waals surface area contributed by atoms with Gasteiger partial charge in [0.1, 0.15) is 0 Å². The summed E-state index contributed by atoms with van der Waals surface area (Å²) in [6.07, 6.45) is 2.56. The smallest absolute Gasteiger partial charge is 0.251 e. The summed E-state index contributed by atoms with van der Waals surface area (Å²) in [5.74, 6) is -0.343. The van der Waals surface area contributed by atoms with Gasteiger partial charge in [0.2, 0.25) is 5.91 Å². The highest BCUT2D eigenvalue weighted by Crippen LogP contribution is 2.22. The number of carbonyl (C=O) groups excluding carboxylic acids is 2. The summed E-state index contributed by atoms with van der Waals surface area (Å²) in [6.45, 7) is 0.690. The van der Waals surface area contributed by atoms with Crippen LogP contribution in [0.4, 0.5) is 0 Å².